The number of carbonyl (C=O) groups is 2. The van der Waals surface area contributed by atoms with Gasteiger partial charge in [0.15, 0.2) is 0 Å². The average Bonchev–Trinajstić information content (AvgIpc) is 2.61. The number of rotatable bonds is 5. The van der Waals surface area contributed by atoms with Gasteiger partial charge in [0.05, 0.1) is 6.42 Å². The molecule has 0 spiro atoms. The molecule has 1 aliphatic rings. The van der Waals surface area contributed by atoms with Gasteiger partial charge in [-0.15, -0.1) is 0 Å². The third-order valence-corrected chi connectivity index (χ3v) is 4.28. The fourth-order valence-corrected chi connectivity index (χ4v) is 2.91. The summed E-state index contributed by atoms with van der Waals surface area (Å²) in [5, 5.41) is 2.85. The maximum absolute atomic E-state index is 12.4. The molecule has 1 amide bonds. The number of morpholine rings is 1. The summed E-state index contributed by atoms with van der Waals surface area (Å²) in [5.74, 6) is -0.521. The van der Waals surface area contributed by atoms with Crippen LogP contribution in [0.2, 0.25) is 0 Å². The second-order valence-corrected chi connectivity index (χ2v) is 6.26. The van der Waals surface area contributed by atoms with Crippen LogP contribution in [0.3, 0.4) is 0 Å². The highest BCUT2D eigenvalue weighted by atomic mass is 16.5. The Hall–Kier alpha value is -2.66. The number of hydrogen-bond donors (Lipinski definition) is 1. The largest absolute Gasteiger partial charge is 0.463 e. The Bertz CT molecular complexity index is 728. The summed E-state index contributed by atoms with van der Waals surface area (Å²) in [6.45, 7) is 3.61. The van der Waals surface area contributed by atoms with E-state index < -0.39 is 6.04 Å². The van der Waals surface area contributed by atoms with Crippen LogP contribution in [0.1, 0.15) is 17.5 Å². The summed E-state index contributed by atoms with van der Waals surface area (Å²) >= 11 is 0. The summed E-state index contributed by atoms with van der Waals surface area (Å²) in [6, 6.07) is 17.0. The number of esters is 1. The van der Waals surface area contributed by atoms with E-state index >= 15 is 0 Å². The fraction of sp³-hybridized carbons (Fsp3) is 0.300. The van der Waals surface area contributed by atoms with Crippen molar-refractivity contribution in [2.75, 3.05) is 18.5 Å². The van der Waals surface area contributed by atoms with Crippen molar-refractivity contribution >= 4 is 17.6 Å². The molecule has 130 valence electrons. The predicted octanol–water partition coefficient (Wildman–Crippen LogP) is 2.75. The zero-order chi connectivity index (χ0) is 17.6. The molecular formula is C20H22N2O3. The molecule has 5 nitrogen and oxygen atoms in total. The van der Waals surface area contributed by atoms with Gasteiger partial charge in [-0.05, 0) is 24.6 Å². The molecule has 1 aliphatic heterocycles. The molecule has 1 fully saturated rings. The third kappa shape index (κ3) is 4.67. The highest BCUT2D eigenvalue weighted by Gasteiger charge is 2.33. The van der Waals surface area contributed by atoms with Crippen LogP contribution in [0.5, 0.6) is 0 Å². The Labute approximate surface area is 147 Å². The van der Waals surface area contributed by atoms with E-state index in [1.54, 1.807) is 0 Å². The van der Waals surface area contributed by atoms with E-state index in [0.717, 1.165) is 16.8 Å². The molecule has 2 aromatic rings. The van der Waals surface area contributed by atoms with Crippen molar-refractivity contribution in [3.05, 3.63) is 65.7 Å². The zero-order valence-electron chi connectivity index (χ0n) is 14.3. The van der Waals surface area contributed by atoms with Gasteiger partial charge in [-0.25, -0.2) is 0 Å². The quantitative estimate of drug-likeness (QED) is 0.852. The van der Waals surface area contributed by atoms with Crippen LogP contribution in [0.25, 0.3) is 0 Å². The van der Waals surface area contributed by atoms with Gasteiger partial charge in [-0.2, -0.15) is 0 Å². The summed E-state index contributed by atoms with van der Waals surface area (Å²) in [5.41, 5.74) is 2.97. The molecule has 2 aromatic carbocycles. The third-order valence-electron chi connectivity index (χ3n) is 4.28. The number of cyclic esters (lactones) is 1. The highest BCUT2D eigenvalue weighted by molar-refractivity contribution is 5.94. The number of amides is 1. The first kappa shape index (κ1) is 17.2. The molecule has 1 heterocycles. The maximum Gasteiger partial charge on any atom is 0.323 e. The van der Waals surface area contributed by atoms with Crippen LogP contribution in [0, 0.1) is 6.92 Å². The lowest BCUT2D eigenvalue weighted by molar-refractivity contribution is -0.159. The van der Waals surface area contributed by atoms with Crippen molar-refractivity contribution in [1.29, 1.82) is 0 Å². The molecular weight excluding hydrogens is 316 g/mol. The number of nitrogens with one attached hydrogen (secondary N) is 1. The number of hydrogen-bond acceptors (Lipinski definition) is 4. The van der Waals surface area contributed by atoms with E-state index in [-0.39, 0.29) is 18.3 Å². The fourth-order valence-electron chi connectivity index (χ4n) is 2.91. The minimum atomic E-state index is -0.556. The Kier molecular flexibility index (Phi) is 5.46. The lowest BCUT2D eigenvalue weighted by atomic mass is 10.1. The Balaban J connectivity index is 1.65. The SMILES string of the molecule is Cc1ccc(NC(=O)CC2C(=O)OCCN2Cc2ccccc2)cc1. The first-order chi connectivity index (χ1) is 12.1. The summed E-state index contributed by atoms with van der Waals surface area (Å²) in [7, 11) is 0. The van der Waals surface area contributed by atoms with Crippen LogP contribution in [-0.2, 0) is 20.9 Å². The molecule has 3 rings (SSSR count). The van der Waals surface area contributed by atoms with Gasteiger partial charge in [-0.3, -0.25) is 14.5 Å². The van der Waals surface area contributed by atoms with E-state index in [2.05, 4.69) is 5.32 Å². The van der Waals surface area contributed by atoms with Gasteiger partial charge >= 0.3 is 5.97 Å². The van der Waals surface area contributed by atoms with E-state index in [4.69, 9.17) is 4.74 Å². The number of aryl methyl sites for hydroxylation is 1. The molecule has 0 radical (unpaired) electrons. The molecule has 1 N–H and O–H groups in total. The lowest BCUT2D eigenvalue weighted by Gasteiger charge is -2.33. The summed E-state index contributed by atoms with van der Waals surface area (Å²) < 4.78 is 5.16. The highest BCUT2D eigenvalue weighted by Crippen LogP contribution is 2.17. The lowest BCUT2D eigenvalue weighted by Crippen LogP contribution is -2.49. The van der Waals surface area contributed by atoms with E-state index in [0.29, 0.717) is 19.7 Å². The molecule has 1 unspecified atom stereocenters. The zero-order valence-corrected chi connectivity index (χ0v) is 14.3. The first-order valence-electron chi connectivity index (χ1n) is 8.43. The van der Waals surface area contributed by atoms with Crippen molar-refractivity contribution < 1.29 is 14.3 Å². The Morgan fingerprint density at radius 2 is 1.88 bits per heavy atom. The predicted molar refractivity (Wildman–Crippen MR) is 96.0 cm³/mol. The molecule has 1 saturated heterocycles. The molecule has 0 bridgehead atoms. The molecule has 0 aromatic heterocycles. The summed E-state index contributed by atoms with van der Waals surface area (Å²) in [4.78, 5) is 26.6. The first-order valence-corrected chi connectivity index (χ1v) is 8.43. The van der Waals surface area contributed by atoms with Crippen LogP contribution >= 0.6 is 0 Å². The van der Waals surface area contributed by atoms with Gasteiger partial charge in [0.1, 0.15) is 12.6 Å². The van der Waals surface area contributed by atoms with Gasteiger partial charge in [0.2, 0.25) is 5.91 Å². The molecule has 1 atom stereocenters. The standard InChI is InChI=1S/C20H22N2O3/c1-15-7-9-17(10-8-15)21-19(23)13-18-20(24)25-12-11-22(18)14-16-5-3-2-4-6-16/h2-10,18H,11-14H2,1H3,(H,21,23). The van der Waals surface area contributed by atoms with Crippen molar-refractivity contribution in [2.45, 2.75) is 25.9 Å². The average molecular weight is 338 g/mol. The van der Waals surface area contributed by atoms with E-state index in [1.807, 2.05) is 66.4 Å². The normalized spacial score (nSPS) is 17.8. The Morgan fingerprint density at radius 3 is 2.60 bits per heavy atom. The molecule has 0 aliphatic carbocycles. The molecule has 25 heavy (non-hydrogen) atoms. The van der Waals surface area contributed by atoms with Crippen molar-refractivity contribution in [1.82, 2.24) is 4.90 Å². The van der Waals surface area contributed by atoms with Crippen molar-refractivity contribution in [3.63, 3.8) is 0 Å². The van der Waals surface area contributed by atoms with Gasteiger partial charge in [0.25, 0.3) is 0 Å². The van der Waals surface area contributed by atoms with Gasteiger partial charge < -0.3 is 10.1 Å². The van der Waals surface area contributed by atoms with Crippen molar-refractivity contribution in [2.24, 2.45) is 0 Å². The van der Waals surface area contributed by atoms with Gasteiger partial charge in [-0.1, -0.05) is 48.0 Å². The van der Waals surface area contributed by atoms with Crippen LogP contribution < -0.4 is 5.32 Å². The Morgan fingerprint density at radius 1 is 1.16 bits per heavy atom. The second-order valence-electron chi connectivity index (χ2n) is 6.26. The molecule has 0 saturated carbocycles. The number of benzene rings is 2. The number of nitrogens with zero attached hydrogens (tertiary/aromatic N) is 1. The topological polar surface area (TPSA) is 58.6 Å². The van der Waals surface area contributed by atoms with E-state index in [9.17, 15) is 9.59 Å². The van der Waals surface area contributed by atoms with Gasteiger partial charge in [0, 0.05) is 18.8 Å². The minimum absolute atomic E-state index is 0.0829. The number of anilines is 1. The smallest absolute Gasteiger partial charge is 0.323 e. The number of carbonyl (C=O) groups excluding carboxylic acids is 2. The maximum atomic E-state index is 12.4. The van der Waals surface area contributed by atoms with E-state index in [1.165, 1.54) is 0 Å². The molecule has 5 heteroatoms. The van der Waals surface area contributed by atoms with Crippen LogP contribution in [-0.4, -0.2) is 36.0 Å². The minimum Gasteiger partial charge on any atom is -0.463 e. The van der Waals surface area contributed by atoms with Crippen LogP contribution in [0.4, 0.5) is 5.69 Å². The van der Waals surface area contributed by atoms with Crippen LogP contribution in [0.15, 0.2) is 54.6 Å². The van der Waals surface area contributed by atoms with Crippen molar-refractivity contribution in [3.8, 4) is 0 Å². The number of ether oxygens (including phenoxy) is 1. The monoisotopic (exact) mass is 338 g/mol. The summed E-state index contributed by atoms with van der Waals surface area (Å²) in [6.07, 6.45) is 0.0829. The second kappa shape index (κ2) is 7.94.